The summed E-state index contributed by atoms with van der Waals surface area (Å²) < 4.78 is 63.9. The molecule has 1 amide bonds. The van der Waals surface area contributed by atoms with Crippen molar-refractivity contribution in [1.82, 2.24) is 4.72 Å². The first kappa shape index (κ1) is 20.7. The van der Waals surface area contributed by atoms with Crippen LogP contribution in [0.1, 0.15) is 25.8 Å². The average molecular weight is 387 g/mol. The SMILES string of the molecule is CCCS(=O)(=O)NCCN(C(C)=O)c1cc(C(F)(F)F)ccc1Cl. The van der Waals surface area contributed by atoms with Crippen molar-refractivity contribution < 1.29 is 26.4 Å². The molecule has 0 aliphatic carbocycles. The van der Waals surface area contributed by atoms with Gasteiger partial charge in [0, 0.05) is 20.0 Å². The Bertz CT molecular complexity index is 693. The van der Waals surface area contributed by atoms with Gasteiger partial charge < -0.3 is 4.90 Å². The first-order valence-electron chi connectivity index (χ1n) is 7.10. The van der Waals surface area contributed by atoms with Gasteiger partial charge in [0.1, 0.15) is 0 Å². The molecule has 0 bridgehead atoms. The van der Waals surface area contributed by atoms with Crippen LogP contribution in [0.4, 0.5) is 18.9 Å². The summed E-state index contributed by atoms with van der Waals surface area (Å²) in [4.78, 5) is 12.8. The number of carbonyl (C=O) groups excluding carboxylic acids is 1. The van der Waals surface area contributed by atoms with Gasteiger partial charge in [-0.05, 0) is 24.6 Å². The fourth-order valence-electron chi connectivity index (χ4n) is 2.00. The van der Waals surface area contributed by atoms with Gasteiger partial charge in [0.05, 0.1) is 22.0 Å². The number of alkyl halides is 3. The fourth-order valence-corrected chi connectivity index (χ4v) is 3.30. The van der Waals surface area contributed by atoms with Gasteiger partial charge in [0.25, 0.3) is 0 Å². The van der Waals surface area contributed by atoms with Gasteiger partial charge in [-0.1, -0.05) is 18.5 Å². The van der Waals surface area contributed by atoms with E-state index in [2.05, 4.69) is 4.72 Å². The lowest BCUT2D eigenvalue weighted by Crippen LogP contribution is -2.38. The molecule has 24 heavy (non-hydrogen) atoms. The quantitative estimate of drug-likeness (QED) is 0.783. The van der Waals surface area contributed by atoms with Gasteiger partial charge in [-0.2, -0.15) is 13.2 Å². The maximum Gasteiger partial charge on any atom is 0.416 e. The molecule has 136 valence electrons. The predicted octanol–water partition coefficient (Wildman–Crippen LogP) is 3.04. The molecule has 1 N–H and O–H groups in total. The van der Waals surface area contributed by atoms with Crippen LogP contribution in [0.25, 0.3) is 0 Å². The summed E-state index contributed by atoms with van der Waals surface area (Å²) in [5, 5.41) is -0.0328. The molecule has 0 saturated carbocycles. The van der Waals surface area contributed by atoms with Gasteiger partial charge >= 0.3 is 6.18 Å². The van der Waals surface area contributed by atoms with Crippen molar-refractivity contribution in [2.24, 2.45) is 0 Å². The highest BCUT2D eigenvalue weighted by molar-refractivity contribution is 7.89. The molecular weight excluding hydrogens is 369 g/mol. The van der Waals surface area contributed by atoms with Gasteiger partial charge in [-0.25, -0.2) is 13.1 Å². The lowest BCUT2D eigenvalue weighted by Gasteiger charge is -2.23. The molecule has 0 atom stereocenters. The Morgan fingerprint density at radius 1 is 1.33 bits per heavy atom. The standard InChI is InChI=1S/C14H18ClF3N2O3S/c1-3-8-24(22,23)19-6-7-20(10(2)21)13-9-11(14(16,17)18)4-5-12(13)15/h4-5,9,19H,3,6-8H2,1-2H3. The molecule has 0 spiro atoms. The molecule has 0 aliphatic heterocycles. The second kappa shape index (κ2) is 8.17. The van der Waals surface area contributed by atoms with E-state index in [4.69, 9.17) is 11.6 Å². The summed E-state index contributed by atoms with van der Waals surface area (Å²) >= 11 is 5.90. The number of rotatable bonds is 7. The Hall–Kier alpha value is -1.32. The van der Waals surface area contributed by atoms with E-state index in [0.717, 1.165) is 30.0 Å². The van der Waals surface area contributed by atoms with Crippen LogP contribution in [0.15, 0.2) is 18.2 Å². The zero-order valence-electron chi connectivity index (χ0n) is 13.2. The largest absolute Gasteiger partial charge is 0.416 e. The fraction of sp³-hybridized carbons (Fsp3) is 0.500. The van der Waals surface area contributed by atoms with Crippen LogP contribution in [-0.4, -0.2) is 33.2 Å². The van der Waals surface area contributed by atoms with E-state index in [0.29, 0.717) is 6.42 Å². The number of carbonyl (C=O) groups is 1. The average Bonchev–Trinajstić information content (AvgIpc) is 2.43. The van der Waals surface area contributed by atoms with E-state index >= 15 is 0 Å². The summed E-state index contributed by atoms with van der Waals surface area (Å²) in [5.74, 6) is -0.622. The number of anilines is 1. The molecule has 5 nitrogen and oxygen atoms in total. The minimum atomic E-state index is -4.58. The molecule has 1 aromatic carbocycles. The molecule has 10 heteroatoms. The third-order valence-electron chi connectivity index (χ3n) is 3.07. The van der Waals surface area contributed by atoms with Gasteiger partial charge in [0.15, 0.2) is 0 Å². The molecule has 0 unspecified atom stereocenters. The van der Waals surface area contributed by atoms with Crippen LogP contribution in [-0.2, 0) is 21.0 Å². The number of hydrogen-bond acceptors (Lipinski definition) is 3. The van der Waals surface area contributed by atoms with Crippen LogP contribution in [0.2, 0.25) is 5.02 Å². The van der Waals surface area contributed by atoms with E-state index < -0.39 is 27.7 Å². The normalized spacial score (nSPS) is 12.2. The van der Waals surface area contributed by atoms with Crippen LogP contribution in [0.5, 0.6) is 0 Å². The first-order chi connectivity index (χ1) is 11.0. The Morgan fingerprint density at radius 3 is 2.46 bits per heavy atom. The molecule has 0 saturated heterocycles. The second-order valence-corrected chi connectivity index (χ2v) is 7.38. The summed E-state index contributed by atoms with van der Waals surface area (Å²) in [5.41, 5.74) is -1.06. The van der Waals surface area contributed by atoms with Crippen molar-refractivity contribution in [2.75, 3.05) is 23.7 Å². The minimum Gasteiger partial charge on any atom is -0.310 e. The molecule has 0 heterocycles. The van der Waals surface area contributed by atoms with Crippen molar-refractivity contribution in [2.45, 2.75) is 26.4 Å². The van der Waals surface area contributed by atoms with Crippen molar-refractivity contribution in [3.05, 3.63) is 28.8 Å². The van der Waals surface area contributed by atoms with E-state index in [1.807, 2.05) is 0 Å². The van der Waals surface area contributed by atoms with Crippen LogP contribution >= 0.6 is 11.6 Å². The Kier molecular flexibility index (Phi) is 7.06. The highest BCUT2D eigenvalue weighted by atomic mass is 35.5. The summed E-state index contributed by atoms with van der Waals surface area (Å²) in [6, 6.07) is 2.63. The minimum absolute atomic E-state index is 0.0328. The zero-order valence-corrected chi connectivity index (χ0v) is 14.7. The monoisotopic (exact) mass is 386 g/mol. The number of benzene rings is 1. The first-order valence-corrected chi connectivity index (χ1v) is 9.13. The Morgan fingerprint density at radius 2 is 1.96 bits per heavy atom. The van der Waals surface area contributed by atoms with Crippen LogP contribution < -0.4 is 9.62 Å². The maximum absolute atomic E-state index is 12.8. The lowest BCUT2D eigenvalue weighted by atomic mass is 10.1. The van der Waals surface area contributed by atoms with Gasteiger partial charge in [-0.15, -0.1) is 0 Å². The number of sulfonamides is 1. The lowest BCUT2D eigenvalue weighted by molar-refractivity contribution is -0.137. The van der Waals surface area contributed by atoms with E-state index in [1.54, 1.807) is 6.92 Å². The molecule has 0 radical (unpaired) electrons. The highest BCUT2D eigenvalue weighted by Crippen LogP contribution is 2.35. The van der Waals surface area contributed by atoms with Crippen LogP contribution in [0, 0.1) is 0 Å². The van der Waals surface area contributed by atoms with E-state index in [9.17, 15) is 26.4 Å². The van der Waals surface area contributed by atoms with Crippen molar-refractivity contribution in [1.29, 1.82) is 0 Å². The van der Waals surface area contributed by atoms with E-state index in [1.165, 1.54) is 0 Å². The third kappa shape index (κ3) is 5.95. The maximum atomic E-state index is 12.8. The van der Waals surface area contributed by atoms with E-state index in [-0.39, 0.29) is 29.6 Å². The van der Waals surface area contributed by atoms with Gasteiger partial charge in [-0.3, -0.25) is 4.79 Å². The van der Waals surface area contributed by atoms with Crippen molar-refractivity contribution in [3.8, 4) is 0 Å². The third-order valence-corrected chi connectivity index (χ3v) is 4.98. The molecular formula is C14H18ClF3N2O3S. The molecule has 1 rings (SSSR count). The van der Waals surface area contributed by atoms with Crippen molar-refractivity contribution in [3.63, 3.8) is 0 Å². The smallest absolute Gasteiger partial charge is 0.310 e. The topological polar surface area (TPSA) is 66.5 Å². The van der Waals surface area contributed by atoms with Crippen molar-refractivity contribution >= 4 is 33.2 Å². The summed E-state index contributed by atoms with van der Waals surface area (Å²) in [6.45, 7) is 2.59. The molecule has 0 aliphatic rings. The summed E-state index contributed by atoms with van der Waals surface area (Å²) in [7, 11) is -3.48. The molecule has 0 fully saturated rings. The number of nitrogens with one attached hydrogen (secondary N) is 1. The Labute approximate surface area is 143 Å². The van der Waals surface area contributed by atoms with Gasteiger partial charge in [0.2, 0.25) is 15.9 Å². The molecule has 1 aromatic rings. The number of amides is 1. The number of nitrogens with zero attached hydrogens (tertiary/aromatic N) is 1. The number of halogens is 4. The number of hydrogen-bond donors (Lipinski definition) is 1. The van der Waals surface area contributed by atoms with Crippen LogP contribution in [0.3, 0.4) is 0 Å². The Balaban J connectivity index is 2.99. The highest BCUT2D eigenvalue weighted by Gasteiger charge is 2.32. The second-order valence-electron chi connectivity index (χ2n) is 5.05. The predicted molar refractivity (Wildman–Crippen MR) is 86.6 cm³/mol. The zero-order chi connectivity index (χ0) is 18.5. The summed E-state index contributed by atoms with van der Waals surface area (Å²) in [6.07, 6.45) is -4.16. The molecule has 0 aromatic heterocycles.